The molecule has 2 rings (SSSR count). The van der Waals surface area contributed by atoms with E-state index in [-0.39, 0.29) is 18.3 Å². The Morgan fingerprint density at radius 1 is 1.00 bits per heavy atom. The molecule has 0 N–H and O–H groups in total. The van der Waals surface area contributed by atoms with Crippen LogP contribution in [0.25, 0.3) is 0 Å². The van der Waals surface area contributed by atoms with Crippen LogP contribution >= 0.6 is 11.6 Å². The normalized spacial score (nSPS) is 21.3. The van der Waals surface area contributed by atoms with Crippen molar-refractivity contribution in [3.05, 3.63) is 23.2 Å². The van der Waals surface area contributed by atoms with Gasteiger partial charge in [0.05, 0.1) is 19.3 Å². The number of hydrogen-bond acceptors (Lipinski definition) is 2. The topological polar surface area (TPSA) is 18.5 Å². The van der Waals surface area contributed by atoms with E-state index in [0.29, 0.717) is 0 Å². The van der Waals surface area contributed by atoms with E-state index >= 15 is 0 Å². The summed E-state index contributed by atoms with van der Waals surface area (Å²) in [6.07, 6.45) is 0. The summed E-state index contributed by atoms with van der Waals surface area (Å²) in [6, 6.07) is 6.09. The van der Waals surface area contributed by atoms with E-state index in [1.165, 1.54) is 5.19 Å². The summed E-state index contributed by atoms with van der Waals surface area (Å²) in [5.74, 6) is 0. The molecule has 1 aromatic rings. The first-order valence-corrected chi connectivity index (χ1v) is 11.0. The van der Waals surface area contributed by atoms with E-state index in [1.807, 2.05) is 12.1 Å². The van der Waals surface area contributed by atoms with Gasteiger partial charge in [-0.1, -0.05) is 42.5 Å². The molecule has 1 aromatic carbocycles. The van der Waals surface area contributed by atoms with E-state index < -0.39 is 8.07 Å². The standard InChI is InChI=1S/C15H24BClO2Si/c1-14(2)15(3,4)19-16(18-14)12-10-11(17)8-9-13(12)20(5,6)7/h8-10H,1-7H3. The number of hydrogen-bond donors (Lipinski definition) is 0. The molecular formula is C15H24BClO2Si. The molecule has 1 heterocycles. The molecule has 1 aliphatic heterocycles. The van der Waals surface area contributed by atoms with Crippen LogP contribution in [0.5, 0.6) is 0 Å². The smallest absolute Gasteiger partial charge is 0.399 e. The van der Waals surface area contributed by atoms with E-state index in [9.17, 15) is 0 Å². The monoisotopic (exact) mass is 310 g/mol. The summed E-state index contributed by atoms with van der Waals surface area (Å²) < 4.78 is 12.4. The molecule has 0 amide bonds. The summed E-state index contributed by atoms with van der Waals surface area (Å²) in [7, 11) is -1.81. The van der Waals surface area contributed by atoms with Gasteiger partial charge in [-0.15, -0.1) is 0 Å². The molecule has 1 saturated heterocycles. The Morgan fingerprint density at radius 2 is 1.50 bits per heavy atom. The van der Waals surface area contributed by atoms with E-state index in [4.69, 9.17) is 20.9 Å². The second kappa shape index (κ2) is 4.87. The highest BCUT2D eigenvalue weighted by atomic mass is 35.5. The van der Waals surface area contributed by atoms with Gasteiger partial charge in [-0.25, -0.2) is 0 Å². The molecule has 20 heavy (non-hydrogen) atoms. The molecule has 0 unspecified atom stereocenters. The minimum Gasteiger partial charge on any atom is -0.399 e. The molecule has 0 atom stereocenters. The van der Waals surface area contributed by atoms with Gasteiger partial charge < -0.3 is 9.31 Å². The fraction of sp³-hybridized carbons (Fsp3) is 0.600. The number of benzene rings is 1. The first-order chi connectivity index (χ1) is 8.94. The molecule has 110 valence electrons. The van der Waals surface area contributed by atoms with Crippen molar-refractivity contribution in [1.82, 2.24) is 0 Å². The lowest BCUT2D eigenvalue weighted by Crippen LogP contribution is -2.54. The molecule has 1 fully saturated rings. The summed E-state index contributed by atoms with van der Waals surface area (Å²) in [4.78, 5) is 0. The van der Waals surface area contributed by atoms with Crippen molar-refractivity contribution in [2.75, 3.05) is 0 Å². The maximum Gasteiger partial charge on any atom is 0.494 e. The van der Waals surface area contributed by atoms with Crippen LogP contribution in [0.4, 0.5) is 0 Å². The first kappa shape index (κ1) is 16.1. The molecule has 0 radical (unpaired) electrons. The fourth-order valence-electron chi connectivity index (χ4n) is 2.38. The quantitative estimate of drug-likeness (QED) is 0.781. The van der Waals surface area contributed by atoms with Crippen molar-refractivity contribution in [1.29, 1.82) is 0 Å². The average molecular weight is 311 g/mol. The van der Waals surface area contributed by atoms with Crippen LogP contribution in [0.15, 0.2) is 18.2 Å². The van der Waals surface area contributed by atoms with Gasteiger partial charge in [0.25, 0.3) is 0 Å². The highest BCUT2D eigenvalue weighted by Gasteiger charge is 2.52. The minimum atomic E-state index is -1.48. The molecule has 1 aliphatic rings. The molecule has 0 aliphatic carbocycles. The molecule has 0 saturated carbocycles. The lowest BCUT2D eigenvalue weighted by atomic mass is 9.79. The number of rotatable bonds is 2. The van der Waals surface area contributed by atoms with Gasteiger partial charge in [0.2, 0.25) is 0 Å². The highest BCUT2D eigenvalue weighted by Crippen LogP contribution is 2.36. The van der Waals surface area contributed by atoms with Crippen LogP contribution in [-0.2, 0) is 9.31 Å². The third-order valence-corrected chi connectivity index (χ3v) is 6.64. The molecule has 0 aromatic heterocycles. The zero-order chi connectivity index (χ0) is 15.3. The molecule has 0 spiro atoms. The van der Waals surface area contributed by atoms with Crippen molar-refractivity contribution in [2.24, 2.45) is 0 Å². The Bertz CT molecular complexity index is 507. The summed E-state index contributed by atoms with van der Waals surface area (Å²) in [5.41, 5.74) is 0.447. The minimum absolute atomic E-state index is 0.323. The lowest BCUT2D eigenvalue weighted by Gasteiger charge is -2.32. The van der Waals surface area contributed by atoms with E-state index in [2.05, 4.69) is 53.4 Å². The third kappa shape index (κ3) is 2.84. The Kier molecular flexibility index (Phi) is 3.92. The van der Waals surface area contributed by atoms with Gasteiger partial charge in [-0.2, -0.15) is 0 Å². The first-order valence-electron chi connectivity index (χ1n) is 7.10. The van der Waals surface area contributed by atoms with Crippen molar-refractivity contribution < 1.29 is 9.31 Å². The van der Waals surface area contributed by atoms with Gasteiger partial charge in [0, 0.05) is 5.02 Å². The molecule has 5 heteroatoms. The SMILES string of the molecule is CC1(C)OB(c2cc(Cl)ccc2[Si](C)(C)C)OC1(C)C. The van der Waals surface area contributed by atoms with E-state index in [0.717, 1.165) is 10.5 Å². The van der Waals surface area contributed by atoms with Gasteiger partial charge in [-0.05, 0) is 45.3 Å². The van der Waals surface area contributed by atoms with Gasteiger partial charge in [0.1, 0.15) is 0 Å². The van der Waals surface area contributed by atoms with Crippen LogP contribution in [0.1, 0.15) is 27.7 Å². The van der Waals surface area contributed by atoms with Gasteiger partial charge in [-0.3, -0.25) is 0 Å². The Hall–Kier alpha value is -0.288. The van der Waals surface area contributed by atoms with Crippen molar-refractivity contribution >= 4 is 37.4 Å². The van der Waals surface area contributed by atoms with Crippen LogP contribution in [0.2, 0.25) is 24.7 Å². The maximum atomic E-state index is 6.19. The van der Waals surface area contributed by atoms with Crippen LogP contribution < -0.4 is 10.6 Å². The zero-order valence-electron chi connectivity index (χ0n) is 13.5. The van der Waals surface area contributed by atoms with Crippen LogP contribution in [-0.4, -0.2) is 26.4 Å². The predicted molar refractivity (Wildman–Crippen MR) is 90.1 cm³/mol. The van der Waals surface area contributed by atoms with Crippen molar-refractivity contribution in [3.63, 3.8) is 0 Å². The summed E-state index contributed by atoms with van der Waals surface area (Å²) in [5, 5.41) is 2.08. The number of halogens is 1. The largest absolute Gasteiger partial charge is 0.494 e. The highest BCUT2D eigenvalue weighted by molar-refractivity contribution is 6.92. The Labute approximate surface area is 129 Å². The molecule has 0 bridgehead atoms. The Morgan fingerprint density at radius 3 is 1.95 bits per heavy atom. The average Bonchev–Trinajstić information content (AvgIpc) is 2.46. The van der Waals surface area contributed by atoms with Crippen LogP contribution in [0, 0.1) is 0 Å². The van der Waals surface area contributed by atoms with Crippen molar-refractivity contribution in [3.8, 4) is 0 Å². The second-order valence-electron chi connectivity index (χ2n) is 7.57. The molecule has 2 nitrogen and oxygen atoms in total. The van der Waals surface area contributed by atoms with Crippen molar-refractivity contribution in [2.45, 2.75) is 58.5 Å². The Balaban J connectivity index is 2.47. The predicted octanol–water partition coefficient (Wildman–Crippen LogP) is 3.18. The third-order valence-electron chi connectivity index (χ3n) is 4.33. The molecular weight excluding hydrogens is 287 g/mol. The van der Waals surface area contributed by atoms with Crippen LogP contribution in [0.3, 0.4) is 0 Å². The summed E-state index contributed by atoms with van der Waals surface area (Å²) >= 11 is 6.19. The second-order valence-corrected chi connectivity index (χ2v) is 13.0. The van der Waals surface area contributed by atoms with Gasteiger partial charge >= 0.3 is 7.12 Å². The summed E-state index contributed by atoms with van der Waals surface area (Å²) in [6.45, 7) is 15.3. The zero-order valence-corrected chi connectivity index (χ0v) is 15.3. The maximum absolute atomic E-state index is 6.19. The fourth-order valence-corrected chi connectivity index (χ4v) is 4.20. The lowest BCUT2D eigenvalue weighted by molar-refractivity contribution is 0.00578. The van der Waals surface area contributed by atoms with E-state index in [1.54, 1.807) is 0 Å². The van der Waals surface area contributed by atoms with Gasteiger partial charge in [0.15, 0.2) is 0 Å².